The standard InChI is InChI=1S/C18H25ClN2O2.ClH/c1-12-10-13(8-9-20-12)18(22)21-14-6-7-17(16(19)11-14)23-15-4-2-3-5-15;/h6-7,11-13,15,20H,2-5,8-10H2,1H3,(H,21,22);1H/t12-,13-;/m0./s1. The van der Waals surface area contributed by atoms with Crippen molar-refractivity contribution in [2.75, 3.05) is 11.9 Å². The summed E-state index contributed by atoms with van der Waals surface area (Å²) in [5, 5.41) is 6.91. The third kappa shape index (κ3) is 5.01. The van der Waals surface area contributed by atoms with Crippen molar-refractivity contribution in [3.63, 3.8) is 0 Å². The average Bonchev–Trinajstić information content (AvgIpc) is 3.03. The molecule has 0 bridgehead atoms. The number of hydrogen-bond acceptors (Lipinski definition) is 3. The number of amides is 1. The van der Waals surface area contributed by atoms with Crippen LogP contribution in [0.25, 0.3) is 0 Å². The van der Waals surface area contributed by atoms with Gasteiger partial charge in [0.15, 0.2) is 0 Å². The molecule has 2 atom stereocenters. The number of piperidine rings is 1. The minimum absolute atomic E-state index is 0. The van der Waals surface area contributed by atoms with E-state index >= 15 is 0 Å². The van der Waals surface area contributed by atoms with Crippen molar-refractivity contribution in [1.82, 2.24) is 5.32 Å². The number of halogens is 2. The Morgan fingerprint density at radius 2 is 2.04 bits per heavy atom. The Morgan fingerprint density at radius 3 is 2.71 bits per heavy atom. The summed E-state index contributed by atoms with van der Waals surface area (Å²) < 4.78 is 5.94. The molecule has 3 rings (SSSR count). The van der Waals surface area contributed by atoms with E-state index in [1.54, 1.807) is 6.07 Å². The number of hydrogen-bond donors (Lipinski definition) is 2. The fourth-order valence-electron chi connectivity index (χ4n) is 3.47. The van der Waals surface area contributed by atoms with Gasteiger partial charge >= 0.3 is 0 Å². The van der Waals surface area contributed by atoms with Crippen molar-refractivity contribution >= 4 is 35.6 Å². The second kappa shape index (κ2) is 8.93. The van der Waals surface area contributed by atoms with Crippen molar-refractivity contribution in [3.05, 3.63) is 23.2 Å². The van der Waals surface area contributed by atoms with Gasteiger partial charge in [-0.3, -0.25) is 4.79 Å². The van der Waals surface area contributed by atoms with Crippen LogP contribution in [-0.2, 0) is 4.79 Å². The van der Waals surface area contributed by atoms with Crippen LogP contribution in [0.2, 0.25) is 5.02 Å². The lowest BCUT2D eigenvalue weighted by molar-refractivity contribution is -0.120. The monoisotopic (exact) mass is 372 g/mol. The van der Waals surface area contributed by atoms with Crippen LogP contribution >= 0.6 is 24.0 Å². The summed E-state index contributed by atoms with van der Waals surface area (Å²) in [7, 11) is 0. The fourth-order valence-corrected chi connectivity index (χ4v) is 3.70. The number of anilines is 1. The molecule has 134 valence electrons. The molecule has 2 N–H and O–H groups in total. The first-order valence-corrected chi connectivity index (χ1v) is 9.00. The Balaban J connectivity index is 0.00000208. The summed E-state index contributed by atoms with van der Waals surface area (Å²) in [6, 6.07) is 5.92. The summed E-state index contributed by atoms with van der Waals surface area (Å²) in [4.78, 5) is 12.4. The maximum atomic E-state index is 12.4. The number of carbonyl (C=O) groups excluding carboxylic acids is 1. The number of carbonyl (C=O) groups is 1. The lowest BCUT2D eigenvalue weighted by Gasteiger charge is -2.27. The van der Waals surface area contributed by atoms with Gasteiger partial charge < -0.3 is 15.4 Å². The number of nitrogens with one attached hydrogen (secondary N) is 2. The van der Waals surface area contributed by atoms with E-state index in [0.29, 0.717) is 16.8 Å². The van der Waals surface area contributed by atoms with Crippen LogP contribution in [0.4, 0.5) is 5.69 Å². The zero-order valence-electron chi connectivity index (χ0n) is 14.0. The van der Waals surface area contributed by atoms with Crippen LogP contribution in [0.1, 0.15) is 45.4 Å². The van der Waals surface area contributed by atoms with Gasteiger partial charge in [0, 0.05) is 17.6 Å². The zero-order chi connectivity index (χ0) is 16.2. The van der Waals surface area contributed by atoms with E-state index in [1.165, 1.54) is 12.8 Å². The van der Waals surface area contributed by atoms with E-state index in [9.17, 15) is 4.79 Å². The molecule has 2 aliphatic rings. The summed E-state index contributed by atoms with van der Waals surface area (Å²) in [5.74, 6) is 0.866. The zero-order valence-corrected chi connectivity index (χ0v) is 15.6. The van der Waals surface area contributed by atoms with E-state index < -0.39 is 0 Å². The minimum Gasteiger partial charge on any atom is -0.489 e. The smallest absolute Gasteiger partial charge is 0.227 e. The van der Waals surface area contributed by atoms with Gasteiger partial charge in [-0.2, -0.15) is 0 Å². The van der Waals surface area contributed by atoms with E-state index in [-0.39, 0.29) is 30.3 Å². The van der Waals surface area contributed by atoms with Gasteiger partial charge in [-0.25, -0.2) is 0 Å². The van der Waals surface area contributed by atoms with Gasteiger partial charge in [0.05, 0.1) is 11.1 Å². The van der Waals surface area contributed by atoms with Gasteiger partial charge in [-0.15, -0.1) is 12.4 Å². The van der Waals surface area contributed by atoms with Crippen molar-refractivity contribution in [2.45, 2.75) is 57.6 Å². The van der Waals surface area contributed by atoms with Gasteiger partial charge in [-0.1, -0.05) is 11.6 Å². The Kier molecular flexibility index (Phi) is 7.20. The van der Waals surface area contributed by atoms with Crippen LogP contribution in [0.3, 0.4) is 0 Å². The molecule has 0 radical (unpaired) electrons. The molecule has 1 heterocycles. The van der Waals surface area contributed by atoms with Crippen molar-refractivity contribution in [2.24, 2.45) is 5.92 Å². The summed E-state index contributed by atoms with van der Waals surface area (Å²) in [6.07, 6.45) is 6.70. The highest BCUT2D eigenvalue weighted by Gasteiger charge is 2.25. The Bertz CT molecular complexity index is 562. The molecule has 1 saturated heterocycles. The third-order valence-corrected chi connectivity index (χ3v) is 5.09. The lowest BCUT2D eigenvalue weighted by Crippen LogP contribution is -2.40. The van der Waals surface area contributed by atoms with E-state index in [1.807, 2.05) is 12.1 Å². The highest BCUT2D eigenvalue weighted by molar-refractivity contribution is 6.32. The van der Waals surface area contributed by atoms with E-state index in [2.05, 4.69) is 17.6 Å². The van der Waals surface area contributed by atoms with E-state index in [0.717, 1.165) is 37.9 Å². The maximum absolute atomic E-state index is 12.4. The number of rotatable bonds is 4. The first-order valence-electron chi connectivity index (χ1n) is 8.62. The molecule has 1 aliphatic carbocycles. The highest BCUT2D eigenvalue weighted by Crippen LogP contribution is 2.32. The predicted molar refractivity (Wildman–Crippen MR) is 100 cm³/mol. The SMILES string of the molecule is C[C@H]1C[C@@H](C(=O)Nc2ccc(OC3CCCC3)c(Cl)c2)CCN1.Cl. The fraction of sp³-hybridized carbons (Fsp3) is 0.611. The molecular formula is C18H26Cl2N2O2. The summed E-state index contributed by atoms with van der Waals surface area (Å²) in [6.45, 7) is 3.01. The largest absolute Gasteiger partial charge is 0.489 e. The molecule has 0 aromatic heterocycles. The molecule has 1 aromatic rings. The van der Waals surface area contributed by atoms with Gasteiger partial charge in [0.2, 0.25) is 5.91 Å². The average molecular weight is 373 g/mol. The molecule has 4 nitrogen and oxygen atoms in total. The molecule has 2 fully saturated rings. The van der Waals surface area contributed by atoms with E-state index in [4.69, 9.17) is 16.3 Å². The van der Waals surface area contributed by atoms with Gasteiger partial charge in [0.25, 0.3) is 0 Å². The molecule has 0 unspecified atom stereocenters. The summed E-state index contributed by atoms with van der Waals surface area (Å²) in [5.41, 5.74) is 0.741. The molecule has 1 amide bonds. The first kappa shape index (κ1) is 19.4. The third-order valence-electron chi connectivity index (χ3n) is 4.79. The highest BCUT2D eigenvalue weighted by atomic mass is 35.5. The Morgan fingerprint density at radius 1 is 1.29 bits per heavy atom. The van der Waals surface area contributed by atoms with Crippen molar-refractivity contribution in [3.8, 4) is 5.75 Å². The predicted octanol–water partition coefficient (Wildman–Crippen LogP) is 4.41. The minimum atomic E-state index is 0. The first-order chi connectivity index (χ1) is 11.1. The van der Waals surface area contributed by atoms with Gasteiger partial charge in [-0.05, 0) is 70.2 Å². The van der Waals surface area contributed by atoms with Crippen molar-refractivity contribution < 1.29 is 9.53 Å². The second-order valence-electron chi connectivity index (χ2n) is 6.74. The second-order valence-corrected chi connectivity index (χ2v) is 7.14. The Labute approximate surface area is 155 Å². The molecule has 1 aliphatic heterocycles. The molecule has 1 aromatic carbocycles. The van der Waals surface area contributed by atoms with Crippen LogP contribution < -0.4 is 15.4 Å². The molecule has 6 heteroatoms. The van der Waals surface area contributed by atoms with Crippen LogP contribution in [0, 0.1) is 5.92 Å². The van der Waals surface area contributed by atoms with Crippen LogP contribution in [-0.4, -0.2) is 24.6 Å². The maximum Gasteiger partial charge on any atom is 0.227 e. The summed E-state index contributed by atoms with van der Waals surface area (Å²) >= 11 is 6.31. The molecule has 1 saturated carbocycles. The van der Waals surface area contributed by atoms with Crippen molar-refractivity contribution in [1.29, 1.82) is 0 Å². The number of ether oxygens (including phenoxy) is 1. The van der Waals surface area contributed by atoms with Crippen LogP contribution in [0.15, 0.2) is 18.2 Å². The quantitative estimate of drug-likeness (QED) is 0.822. The molecule has 0 spiro atoms. The Hall–Kier alpha value is -0.970. The van der Waals surface area contributed by atoms with Crippen LogP contribution in [0.5, 0.6) is 5.75 Å². The topological polar surface area (TPSA) is 50.4 Å². The lowest BCUT2D eigenvalue weighted by atomic mass is 9.92. The van der Waals surface area contributed by atoms with Gasteiger partial charge in [0.1, 0.15) is 5.75 Å². The molecule has 24 heavy (non-hydrogen) atoms. The number of benzene rings is 1. The normalized spacial score (nSPS) is 24.2. The molecular weight excluding hydrogens is 347 g/mol.